The van der Waals surface area contributed by atoms with Crippen molar-refractivity contribution < 1.29 is 14.7 Å². The van der Waals surface area contributed by atoms with Gasteiger partial charge in [0, 0.05) is 19.3 Å². The van der Waals surface area contributed by atoms with E-state index in [2.05, 4.69) is 15.2 Å². The van der Waals surface area contributed by atoms with E-state index in [1.54, 1.807) is 12.1 Å². The van der Waals surface area contributed by atoms with Crippen molar-refractivity contribution in [1.29, 1.82) is 0 Å². The maximum atomic E-state index is 11.8. The highest BCUT2D eigenvalue weighted by molar-refractivity contribution is 5.96. The highest BCUT2D eigenvalue weighted by atomic mass is 16.4. The van der Waals surface area contributed by atoms with Gasteiger partial charge in [-0.1, -0.05) is 0 Å². The molecule has 2 N–H and O–H groups in total. The van der Waals surface area contributed by atoms with Gasteiger partial charge in [-0.05, 0) is 31.9 Å². The molecular formula is C13H17N3O3. The number of nitrogens with one attached hydrogen (secondary N) is 1. The van der Waals surface area contributed by atoms with Crippen LogP contribution < -0.4 is 10.2 Å². The predicted molar refractivity (Wildman–Crippen MR) is 70.2 cm³/mol. The van der Waals surface area contributed by atoms with Gasteiger partial charge in [0.1, 0.15) is 11.9 Å². The molecule has 1 saturated heterocycles. The molecule has 0 spiro atoms. The van der Waals surface area contributed by atoms with Crippen LogP contribution in [0.1, 0.15) is 30.1 Å². The molecule has 1 amide bonds. The molecule has 1 atom stereocenters. The van der Waals surface area contributed by atoms with Crippen molar-refractivity contribution in [3.63, 3.8) is 0 Å². The number of aliphatic carboxylic acids is 1. The molecule has 0 bridgehead atoms. The number of aromatic nitrogens is 1. The average Bonchev–Trinajstić information content (AvgIpc) is 2.92. The Hall–Kier alpha value is -2.11. The monoisotopic (exact) mass is 263 g/mol. The van der Waals surface area contributed by atoms with E-state index in [1.165, 1.54) is 26.0 Å². The van der Waals surface area contributed by atoms with Crippen molar-refractivity contribution in [2.75, 3.05) is 18.0 Å². The van der Waals surface area contributed by atoms with Gasteiger partial charge in [-0.15, -0.1) is 0 Å². The number of anilines is 1. The molecule has 2 heterocycles. The molecule has 0 aliphatic carbocycles. The first-order valence-electron chi connectivity index (χ1n) is 6.32. The number of carboxylic acid groups (broad SMARTS) is 1. The normalized spacial score (nSPS) is 16.2. The summed E-state index contributed by atoms with van der Waals surface area (Å²) in [6.07, 6.45) is 3.82. The maximum absolute atomic E-state index is 11.8. The fourth-order valence-corrected chi connectivity index (χ4v) is 2.00. The molecule has 0 saturated carbocycles. The summed E-state index contributed by atoms with van der Waals surface area (Å²) in [5, 5.41) is 11.1. The number of amides is 1. The summed E-state index contributed by atoms with van der Waals surface area (Å²) in [6.45, 7) is 3.41. The Balaban J connectivity index is 2.01. The summed E-state index contributed by atoms with van der Waals surface area (Å²) in [7, 11) is 0. The van der Waals surface area contributed by atoms with Gasteiger partial charge in [-0.2, -0.15) is 0 Å². The Bertz CT molecular complexity index is 467. The van der Waals surface area contributed by atoms with Crippen LogP contribution in [0.15, 0.2) is 18.3 Å². The van der Waals surface area contributed by atoms with Gasteiger partial charge in [-0.25, -0.2) is 4.98 Å². The highest BCUT2D eigenvalue weighted by Gasteiger charge is 2.17. The van der Waals surface area contributed by atoms with Crippen molar-refractivity contribution in [2.45, 2.75) is 25.8 Å². The van der Waals surface area contributed by atoms with Gasteiger partial charge >= 0.3 is 5.97 Å². The number of pyridine rings is 1. The van der Waals surface area contributed by atoms with Crippen molar-refractivity contribution in [3.05, 3.63) is 23.9 Å². The van der Waals surface area contributed by atoms with Crippen molar-refractivity contribution in [2.24, 2.45) is 0 Å². The van der Waals surface area contributed by atoms with E-state index < -0.39 is 17.9 Å². The molecule has 0 radical (unpaired) electrons. The third kappa shape index (κ3) is 3.21. The van der Waals surface area contributed by atoms with Crippen molar-refractivity contribution >= 4 is 17.7 Å². The number of carboxylic acids is 1. The summed E-state index contributed by atoms with van der Waals surface area (Å²) in [5.41, 5.74) is 0.371. The van der Waals surface area contributed by atoms with Gasteiger partial charge in [0.2, 0.25) is 0 Å². The molecule has 0 aromatic carbocycles. The molecule has 1 aliphatic rings. The molecular weight excluding hydrogens is 246 g/mol. The molecule has 19 heavy (non-hydrogen) atoms. The number of carbonyl (C=O) groups is 2. The number of hydrogen-bond donors (Lipinski definition) is 2. The lowest BCUT2D eigenvalue weighted by molar-refractivity contribution is -0.138. The van der Waals surface area contributed by atoms with E-state index >= 15 is 0 Å². The molecule has 1 aliphatic heterocycles. The van der Waals surface area contributed by atoms with Crippen LogP contribution in [0, 0.1) is 0 Å². The second kappa shape index (κ2) is 5.69. The van der Waals surface area contributed by atoms with Gasteiger partial charge in [0.25, 0.3) is 5.91 Å². The quantitative estimate of drug-likeness (QED) is 0.842. The minimum Gasteiger partial charge on any atom is -0.480 e. The molecule has 1 aromatic heterocycles. The Morgan fingerprint density at radius 1 is 1.37 bits per heavy atom. The Morgan fingerprint density at radius 2 is 2.05 bits per heavy atom. The number of nitrogens with zero attached hydrogens (tertiary/aromatic N) is 2. The minimum atomic E-state index is -1.06. The number of hydrogen-bond acceptors (Lipinski definition) is 4. The molecule has 6 heteroatoms. The van der Waals surface area contributed by atoms with Crippen LogP contribution in [0.4, 0.5) is 5.82 Å². The average molecular weight is 263 g/mol. The third-order valence-corrected chi connectivity index (χ3v) is 3.16. The van der Waals surface area contributed by atoms with Gasteiger partial charge in [0.05, 0.1) is 5.56 Å². The van der Waals surface area contributed by atoms with Crippen molar-refractivity contribution in [3.8, 4) is 0 Å². The van der Waals surface area contributed by atoms with E-state index in [9.17, 15) is 9.59 Å². The van der Waals surface area contributed by atoms with Crippen LogP contribution in [0.3, 0.4) is 0 Å². The summed E-state index contributed by atoms with van der Waals surface area (Å²) >= 11 is 0. The van der Waals surface area contributed by atoms with E-state index in [-0.39, 0.29) is 0 Å². The Morgan fingerprint density at radius 3 is 2.58 bits per heavy atom. The minimum absolute atomic E-state index is 0.371. The van der Waals surface area contributed by atoms with Gasteiger partial charge in [-0.3, -0.25) is 9.59 Å². The van der Waals surface area contributed by atoms with Crippen LogP contribution in [0.5, 0.6) is 0 Å². The zero-order chi connectivity index (χ0) is 13.8. The zero-order valence-electron chi connectivity index (χ0n) is 10.8. The smallest absolute Gasteiger partial charge is 0.325 e. The largest absolute Gasteiger partial charge is 0.480 e. The fourth-order valence-electron chi connectivity index (χ4n) is 2.00. The lowest BCUT2D eigenvalue weighted by atomic mass is 10.2. The van der Waals surface area contributed by atoms with E-state index in [4.69, 9.17) is 5.11 Å². The first kappa shape index (κ1) is 13.3. The standard InChI is InChI=1S/C13H17N3O3/c1-9(13(18)19)15-12(17)10-4-5-11(14-8-10)16-6-2-3-7-16/h4-5,8-9H,2-3,6-7H2,1H3,(H,15,17)(H,18,19). The molecule has 1 unspecified atom stereocenters. The van der Waals surface area contributed by atoms with E-state index in [0.29, 0.717) is 5.56 Å². The van der Waals surface area contributed by atoms with Gasteiger partial charge < -0.3 is 15.3 Å². The lowest BCUT2D eigenvalue weighted by Crippen LogP contribution is -2.38. The summed E-state index contributed by atoms with van der Waals surface area (Å²) in [4.78, 5) is 28.8. The van der Waals surface area contributed by atoms with Crippen LogP contribution in [-0.4, -0.2) is 41.1 Å². The lowest BCUT2D eigenvalue weighted by Gasteiger charge is -2.16. The molecule has 2 rings (SSSR count). The SMILES string of the molecule is CC(NC(=O)c1ccc(N2CCCC2)nc1)C(=O)O. The van der Waals surface area contributed by atoms with Gasteiger partial charge in [0.15, 0.2) is 0 Å². The van der Waals surface area contributed by atoms with Crippen LogP contribution in [0.25, 0.3) is 0 Å². The number of carbonyl (C=O) groups excluding carboxylic acids is 1. The maximum Gasteiger partial charge on any atom is 0.325 e. The molecule has 1 aromatic rings. The second-order valence-electron chi connectivity index (χ2n) is 4.63. The molecule has 102 valence electrons. The highest BCUT2D eigenvalue weighted by Crippen LogP contribution is 2.17. The topological polar surface area (TPSA) is 82.5 Å². The first-order valence-corrected chi connectivity index (χ1v) is 6.32. The van der Waals surface area contributed by atoms with Crippen LogP contribution in [0.2, 0.25) is 0 Å². The second-order valence-corrected chi connectivity index (χ2v) is 4.63. The van der Waals surface area contributed by atoms with E-state index in [0.717, 1.165) is 18.9 Å². The van der Waals surface area contributed by atoms with Crippen LogP contribution >= 0.6 is 0 Å². The van der Waals surface area contributed by atoms with Crippen LogP contribution in [-0.2, 0) is 4.79 Å². The van der Waals surface area contributed by atoms with E-state index in [1.807, 2.05) is 0 Å². The third-order valence-electron chi connectivity index (χ3n) is 3.16. The zero-order valence-corrected chi connectivity index (χ0v) is 10.8. The summed E-state index contributed by atoms with van der Waals surface area (Å²) in [6, 6.07) is 2.56. The molecule has 1 fully saturated rings. The summed E-state index contributed by atoms with van der Waals surface area (Å²) in [5.74, 6) is -0.620. The summed E-state index contributed by atoms with van der Waals surface area (Å²) < 4.78 is 0. The fraction of sp³-hybridized carbons (Fsp3) is 0.462. The Labute approximate surface area is 111 Å². The number of rotatable bonds is 4. The first-order chi connectivity index (χ1) is 9.08. The predicted octanol–water partition coefficient (Wildman–Crippen LogP) is 0.885. The molecule has 6 nitrogen and oxygen atoms in total. The Kier molecular flexibility index (Phi) is 3.99. The van der Waals surface area contributed by atoms with Crippen molar-refractivity contribution in [1.82, 2.24) is 10.3 Å².